The van der Waals surface area contributed by atoms with Crippen LogP contribution in [0.1, 0.15) is 28.8 Å². The zero-order valence-corrected chi connectivity index (χ0v) is 11.9. The predicted molar refractivity (Wildman–Crippen MR) is 77.8 cm³/mol. The molecule has 0 saturated carbocycles. The Morgan fingerprint density at radius 2 is 2.24 bits per heavy atom. The molecule has 2 heterocycles. The van der Waals surface area contributed by atoms with E-state index in [9.17, 15) is 4.79 Å². The average molecular weight is 285 g/mol. The van der Waals surface area contributed by atoms with Crippen LogP contribution in [0.25, 0.3) is 0 Å². The topological polar surface area (TPSA) is 65.4 Å². The number of amides is 1. The molecule has 0 aromatic heterocycles. The van der Waals surface area contributed by atoms with E-state index in [1.165, 1.54) is 12.8 Å². The molecule has 2 aliphatic heterocycles. The van der Waals surface area contributed by atoms with Crippen LogP contribution in [0.2, 0.25) is 0 Å². The summed E-state index contributed by atoms with van der Waals surface area (Å²) in [6, 6.07) is 9.27. The number of carbonyl (C=O) groups excluding carboxylic acids is 1. The summed E-state index contributed by atoms with van der Waals surface area (Å²) in [5.74, 6) is -0.119. The molecule has 0 spiro atoms. The van der Waals surface area contributed by atoms with Gasteiger partial charge in [0.15, 0.2) is 0 Å². The highest BCUT2D eigenvalue weighted by Gasteiger charge is 2.32. The van der Waals surface area contributed by atoms with Gasteiger partial charge in [0.2, 0.25) is 0 Å². The Labute approximate surface area is 124 Å². The molecule has 0 bridgehead atoms. The van der Waals surface area contributed by atoms with Crippen molar-refractivity contribution >= 4 is 5.91 Å². The molecule has 0 radical (unpaired) electrons. The maximum absolute atomic E-state index is 12.1. The van der Waals surface area contributed by atoms with Gasteiger partial charge in [0.25, 0.3) is 5.91 Å². The minimum Gasteiger partial charge on any atom is -0.373 e. The summed E-state index contributed by atoms with van der Waals surface area (Å²) in [6.45, 7) is 3.35. The number of morpholine rings is 1. The first-order valence-corrected chi connectivity index (χ1v) is 7.40. The summed E-state index contributed by atoms with van der Waals surface area (Å²) in [5, 5.41) is 11.7. The average Bonchev–Trinajstić information content (AvgIpc) is 3.00. The summed E-state index contributed by atoms with van der Waals surface area (Å²) in [6.07, 6.45) is 2.55. The second-order valence-electron chi connectivity index (χ2n) is 5.65. The molecule has 110 valence electrons. The number of rotatable bonds is 3. The van der Waals surface area contributed by atoms with E-state index in [4.69, 9.17) is 10.00 Å². The van der Waals surface area contributed by atoms with Gasteiger partial charge in [0.05, 0.1) is 24.3 Å². The third-order valence-corrected chi connectivity index (χ3v) is 4.23. The van der Waals surface area contributed by atoms with Gasteiger partial charge < -0.3 is 10.1 Å². The van der Waals surface area contributed by atoms with Gasteiger partial charge in [-0.1, -0.05) is 0 Å². The monoisotopic (exact) mass is 285 g/mol. The minimum atomic E-state index is -0.119. The maximum Gasteiger partial charge on any atom is 0.251 e. The molecule has 0 unspecified atom stereocenters. The van der Waals surface area contributed by atoms with E-state index in [0.717, 1.165) is 19.7 Å². The van der Waals surface area contributed by atoms with Crippen LogP contribution in [0.3, 0.4) is 0 Å². The van der Waals surface area contributed by atoms with Crippen molar-refractivity contribution in [1.82, 2.24) is 10.2 Å². The number of nitrogens with one attached hydrogen (secondary N) is 1. The Balaban J connectivity index is 1.50. The molecule has 1 aromatic rings. The number of hydrogen-bond acceptors (Lipinski definition) is 4. The van der Waals surface area contributed by atoms with Gasteiger partial charge in [-0.2, -0.15) is 5.26 Å². The number of fused-ring (bicyclic) bond motifs is 1. The van der Waals surface area contributed by atoms with E-state index in [0.29, 0.717) is 23.7 Å². The molecule has 2 atom stereocenters. The zero-order valence-electron chi connectivity index (χ0n) is 11.9. The summed E-state index contributed by atoms with van der Waals surface area (Å²) in [7, 11) is 0. The van der Waals surface area contributed by atoms with E-state index in [1.54, 1.807) is 24.3 Å². The highest BCUT2D eigenvalue weighted by molar-refractivity contribution is 5.94. The third kappa shape index (κ3) is 3.23. The van der Waals surface area contributed by atoms with Crippen molar-refractivity contribution in [2.45, 2.75) is 25.0 Å². The fourth-order valence-electron chi connectivity index (χ4n) is 3.01. The standard InChI is InChI=1S/C16H19N3O2/c17-8-12-3-5-13(6-4-12)16(20)18-9-15-10-19-7-1-2-14(19)11-21-15/h3-6,14-15H,1-2,7,9-11H2,(H,18,20)/t14-,15-/m1/s1. The lowest BCUT2D eigenvalue weighted by atomic mass is 10.1. The molecule has 1 amide bonds. The van der Waals surface area contributed by atoms with Gasteiger partial charge in [0, 0.05) is 24.7 Å². The molecule has 1 aromatic carbocycles. The van der Waals surface area contributed by atoms with Crippen LogP contribution in [0.5, 0.6) is 0 Å². The fourth-order valence-corrected chi connectivity index (χ4v) is 3.01. The number of benzene rings is 1. The Hall–Kier alpha value is -1.90. The van der Waals surface area contributed by atoms with E-state index in [1.807, 2.05) is 6.07 Å². The van der Waals surface area contributed by atoms with Crippen LogP contribution >= 0.6 is 0 Å². The van der Waals surface area contributed by atoms with E-state index < -0.39 is 0 Å². The summed E-state index contributed by atoms with van der Waals surface area (Å²) in [4.78, 5) is 14.5. The van der Waals surface area contributed by atoms with Crippen molar-refractivity contribution < 1.29 is 9.53 Å². The largest absolute Gasteiger partial charge is 0.373 e. The maximum atomic E-state index is 12.1. The number of hydrogen-bond donors (Lipinski definition) is 1. The van der Waals surface area contributed by atoms with Crippen molar-refractivity contribution in [2.75, 3.05) is 26.2 Å². The highest BCUT2D eigenvalue weighted by Crippen LogP contribution is 2.22. The third-order valence-electron chi connectivity index (χ3n) is 4.23. The van der Waals surface area contributed by atoms with Crippen LogP contribution in [0, 0.1) is 11.3 Å². The van der Waals surface area contributed by atoms with E-state index in [2.05, 4.69) is 10.2 Å². The summed E-state index contributed by atoms with van der Waals surface area (Å²) >= 11 is 0. The molecule has 2 saturated heterocycles. The van der Waals surface area contributed by atoms with Crippen LogP contribution < -0.4 is 5.32 Å². The molecule has 2 aliphatic rings. The molecule has 2 fully saturated rings. The Morgan fingerprint density at radius 3 is 3.00 bits per heavy atom. The SMILES string of the molecule is N#Cc1ccc(C(=O)NC[C@@H]2CN3CCC[C@@H]3CO2)cc1. The highest BCUT2D eigenvalue weighted by atomic mass is 16.5. The first-order chi connectivity index (χ1) is 10.3. The second-order valence-corrected chi connectivity index (χ2v) is 5.65. The van der Waals surface area contributed by atoms with Gasteiger partial charge in [-0.15, -0.1) is 0 Å². The van der Waals surface area contributed by atoms with E-state index >= 15 is 0 Å². The normalized spacial score (nSPS) is 25.1. The van der Waals surface area contributed by atoms with Gasteiger partial charge in [-0.25, -0.2) is 0 Å². The van der Waals surface area contributed by atoms with Crippen molar-refractivity contribution in [1.29, 1.82) is 5.26 Å². The number of nitrogens with zero attached hydrogens (tertiary/aromatic N) is 2. The first-order valence-electron chi connectivity index (χ1n) is 7.40. The first kappa shape index (κ1) is 14.1. The number of ether oxygens (including phenoxy) is 1. The van der Waals surface area contributed by atoms with Crippen LogP contribution in [-0.4, -0.2) is 49.2 Å². The number of nitriles is 1. The lowest BCUT2D eigenvalue weighted by molar-refractivity contribution is -0.0461. The Bertz CT molecular complexity index is 550. The Kier molecular flexibility index (Phi) is 4.18. The lowest BCUT2D eigenvalue weighted by Crippen LogP contribution is -2.50. The van der Waals surface area contributed by atoms with Gasteiger partial charge in [0.1, 0.15) is 0 Å². The Morgan fingerprint density at radius 1 is 1.43 bits per heavy atom. The van der Waals surface area contributed by atoms with Crippen molar-refractivity contribution in [3.05, 3.63) is 35.4 Å². The van der Waals surface area contributed by atoms with Crippen molar-refractivity contribution in [3.63, 3.8) is 0 Å². The van der Waals surface area contributed by atoms with Crippen LogP contribution in [-0.2, 0) is 4.74 Å². The lowest BCUT2D eigenvalue weighted by Gasteiger charge is -2.35. The molecular formula is C16H19N3O2. The quantitative estimate of drug-likeness (QED) is 0.905. The van der Waals surface area contributed by atoms with Crippen LogP contribution in [0.4, 0.5) is 0 Å². The molecule has 5 nitrogen and oxygen atoms in total. The molecule has 5 heteroatoms. The van der Waals surface area contributed by atoms with Crippen molar-refractivity contribution in [2.24, 2.45) is 0 Å². The summed E-state index contributed by atoms with van der Waals surface area (Å²) < 4.78 is 5.82. The van der Waals surface area contributed by atoms with Gasteiger partial charge in [-0.05, 0) is 43.7 Å². The minimum absolute atomic E-state index is 0.0710. The van der Waals surface area contributed by atoms with Crippen LogP contribution in [0.15, 0.2) is 24.3 Å². The fraction of sp³-hybridized carbons (Fsp3) is 0.500. The predicted octanol–water partition coefficient (Wildman–Crippen LogP) is 1.15. The zero-order chi connectivity index (χ0) is 14.7. The van der Waals surface area contributed by atoms with Crippen molar-refractivity contribution in [3.8, 4) is 6.07 Å². The molecule has 0 aliphatic carbocycles. The second kappa shape index (κ2) is 6.25. The molecule has 21 heavy (non-hydrogen) atoms. The smallest absolute Gasteiger partial charge is 0.251 e. The van der Waals surface area contributed by atoms with E-state index in [-0.39, 0.29) is 12.0 Å². The number of carbonyl (C=O) groups is 1. The van der Waals surface area contributed by atoms with Gasteiger partial charge in [-0.3, -0.25) is 9.69 Å². The molecule has 1 N–H and O–H groups in total. The molecule has 3 rings (SSSR count). The van der Waals surface area contributed by atoms with Gasteiger partial charge >= 0.3 is 0 Å². The summed E-state index contributed by atoms with van der Waals surface area (Å²) in [5.41, 5.74) is 1.13. The molecular weight excluding hydrogens is 266 g/mol.